The highest BCUT2D eigenvalue weighted by Crippen LogP contribution is 2.27. The van der Waals surface area contributed by atoms with E-state index in [4.69, 9.17) is 16.7 Å². The third kappa shape index (κ3) is 5.83. The van der Waals surface area contributed by atoms with Gasteiger partial charge >= 0.3 is 0 Å². The number of primary sulfonamides is 1. The lowest BCUT2D eigenvalue weighted by Crippen LogP contribution is -2.32. The highest BCUT2D eigenvalue weighted by atomic mass is 35.5. The van der Waals surface area contributed by atoms with E-state index in [9.17, 15) is 13.2 Å². The third-order valence-electron chi connectivity index (χ3n) is 4.22. The highest BCUT2D eigenvalue weighted by molar-refractivity contribution is 7.89. The molecule has 140 valence electrons. The van der Waals surface area contributed by atoms with E-state index in [1.807, 2.05) is 38.1 Å². The zero-order valence-electron chi connectivity index (χ0n) is 14.8. The minimum absolute atomic E-state index is 0.0360. The lowest BCUT2D eigenvalue weighted by molar-refractivity contribution is -0.122. The summed E-state index contributed by atoms with van der Waals surface area (Å²) in [6.45, 7) is 4.51. The first-order valence-electron chi connectivity index (χ1n) is 8.22. The van der Waals surface area contributed by atoms with Gasteiger partial charge in [-0.05, 0) is 47.2 Å². The molecule has 5 nitrogen and oxygen atoms in total. The van der Waals surface area contributed by atoms with Gasteiger partial charge in [-0.2, -0.15) is 0 Å². The van der Waals surface area contributed by atoms with Crippen molar-refractivity contribution in [1.29, 1.82) is 0 Å². The second kappa shape index (κ2) is 8.20. The first kappa shape index (κ1) is 20.4. The van der Waals surface area contributed by atoms with E-state index >= 15 is 0 Å². The SMILES string of the molecule is CC(C)(CC(=O)NCCc1ccc(S(N)(=O)=O)cc1)c1ccc(Cl)cc1. The molecule has 0 aromatic heterocycles. The fraction of sp³-hybridized carbons (Fsp3) is 0.316. The Labute approximate surface area is 159 Å². The van der Waals surface area contributed by atoms with Crippen LogP contribution in [0.1, 0.15) is 31.4 Å². The number of hydrogen-bond donors (Lipinski definition) is 2. The molecule has 0 spiro atoms. The molecule has 0 saturated heterocycles. The molecule has 0 aliphatic heterocycles. The van der Waals surface area contributed by atoms with Gasteiger partial charge in [0.05, 0.1) is 4.90 Å². The summed E-state index contributed by atoms with van der Waals surface area (Å²) in [4.78, 5) is 12.3. The van der Waals surface area contributed by atoms with Crippen LogP contribution >= 0.6 is 11.6 Å². The molecule has 0 aliphatic rings. The van der Waals surface area contributed by atoms with Crippen molar-refractivity contribution < 1.29 is 13.2 Å². The largest absolute Gasteiger partial charge is 0.356 e. The summed E-state index contributed by atoms with van der Waals surface area (Å²) in [6, 6.07) is 13.8. The molecule has 0 bridgehead atoms. The number of nitrogens with one attached hydrogen (secondary N) is 1. The Bertz CT molecular complexity index is 861. The second-order valence-corrected chi connectivity index (χ2v) is 8.85. The smallest absolute Gasteiger partial charge is 0.238 e. The molecule has 0 fully saturated rings. The van der Waals surface area contributed by atoms with Gasteiger partial charge in [0.1, 0.15) is 0 Å². The zero-order valence-corrected chi connectivity index (χ0v) is 16.4. The summed E-state index contributed by atoms with van der Waals surface area (Å²) in [7, 11) is -3.68. The van der Waals surface area contributed by atoms with E-state index in [0.717, 1.165) is 11.1 Å². The van der Waals surface area contributed by atoms with E-state index in [0.29, 0.717) is 24.4 Å². The number of hydrogen-bond acceptors (Lipinski definition) is 3. The summed E-state index contributed by atoms with van der Waals surface area (Å²) < 4.78 is 22.5. The van der Waals surface area contributed by atoms with Crippen LogP contribution in [0.15, 0.2) is 53.4 Å². The zero-order chi connectivity index (χ0) is 19.4. The molecule has 0 heterocycles. The van der Waals surface area contributed by atoms with Crippen molar-refractivity contribution >= 4 is 27.5 Å². The Morgan fingerprint density at radius 2 is 1.65 bits per heavy atom. The maximum atomic E-state index is 12.2. The monoisotopic (exact) mass is 394 g/mol. The van der Waals surface area contributed by atoms with Gasteiger partial charge in [0.2, 0.25) is 15.9 Å². The number of halogens is 1. The Balaban J connectivity index is 1.86. The number of rotatable bonds is 7. The average molecular weight is 395 g/mol. The average Bonchev–Trinajstić information content (AvgIpc) is 2.54. The second-order valence-electron chi connectivity index (χ2n) is 6.86. The standard InChI is InChI=1S/C19H23ClN2O3S/c1-19(2,15-5-7-16(20)8-6-15)13-18(23)22-12-11-14-3-9-17(10-4-14)26(21,24)25/h3-10H,11-13H2,1-2H3,(H,22,23)(H2,21,24,25). The molecule has 0 saturated carbocycles. The van der Waals surface area contributed by atoms with Crippen molar-refractivity contribution in [2.24, 2.45) is 5.14 Å². The molecule has 7 heteroatoms. The predicted molar refractivity (Wildman–Crippen MR) is 104 cm³/mol. The van der Waals surface area contributed by atoms with E-state index < -0.39 is 10.0 Å². The third-order valence-corrected chi connectivity index (χ3v) is 5.40. The van der Waals surface area contributed by atoms with Crippen LogP contribution in [0.5, 0.6) is 0 Å². The van der Waals surface area contributed by atoms with Crippen molar-refractivity contribution in [2.75, 3.05) is 6.54 Å². The Kier molecular flexibility index (Phi) is 6.44. The minimum atomic E-state index is -3.68. The number of amides is 1. The molecular formula is C19H23ClN2O3S. The lowest BCUT2D eigenvalue weighted by atomic mass is 9.81. The van der Waals surface area contributed by atoms with E-state index in [2.05, 4.69) is 5.32 Å². The molecule has 0 aliphatic carbocycles. The number of sulfonamides is 1. The van der Waals surface area contributed by atoms with Gasteiger partial charge in [0, 0.05) is 18.0 Å². The molecule has 2 aromatic carbocycles. The topological polar surface area (TPSA) is 89.3 Å². The maximum absolute atomic E-state index is 12.2. The Hall–Kier alpha value is -1.89. The molecule has 0 atom stereocenters. The van der Waals surface area contributed by atoms with Crippen molar-refractivity contribution in [3.63, 3.8) is 0 Å². The molecule has 1 amide bonds. The molecule has 2 aromatic rings. The van der Waals surface area contributed by atoms with Crippen LogP contribution in [0, 0.1) is 0 Å². The number of nitrogens with two attached hydrogens (primary N) is 1. The van der Waals surface area contributed by atoms with Gasteiger partial charge in [-0.1, -0.05) is 49.7 Å². The van der Waals surface area contributed by atoms with Gasteiger partial charge in [-0.25, -0.2) is 13.6 Å². The summed E-state index contributed by atoms with van der Waals surface area (Å²) >= 11 is 5.91. The van der Waals surface area contributed by atoms with Crippen molar-refractivity contribution in [2.45, 2.75) is 37.0 Å². The van der Waals surface area contributed by atoms with Crippen LogP contribution in [0.25, 0.3) is 0 Å². The van der Waals surface area contributed by atoms with Crippen molar-refractivity contribution in [1.82, 2.24) is 5.32 Å². The van der Waals surface area contributed by atoms with E-state index in [1.54, 1.807) is 12.1 Å². The van der Waals surface area contributed by atoms with Crippen molar-refractivity contribution in [3.05, 3.63) is 64.7 Å². The van der Waals surface area contributed by atoms with E-state index in [1.165, 1.54) is 12.1 Å². The molecule has 0 unspecified atom stereocenters. The van der Waals surface area contributed by atoms with Crippen LogP contribution in [0.4, 0.5) is 0 Å². The fourth-order valence-electron chi connectivity index (χ4n) is 2.66. The quantitative estimate of drug-likeness (QED) is 0.756. The summed E-state index contributed by atoms with van der Waals surface area (Å²) in [5, 5.41) is 8.64. The first-order chi connectivity index (χ1) is 12.1. The molecule has 3 N–H and O–H groups in total. The normalized spacial score (nSPS) is 12.0. The fourth-order valence-corrected chi connectivity index (χ4v) is 3.30. The van der Waals surface area contributed by atoms with Crippen LogP contribution in [-0.4, -0.2) is 20.9 Å². The van der Waals surface area contributed by atoms with Gasteiger partial charge < -0.3 is 5.32 Å². The maximum Gasteiger partial charge on any atom is 0.238 e. The molecular weight excluding hydrogens is 372 g/mol. The summed E-state index contributed by atoms with van der Waals surface area (Å²) in [5.74, 6) is -0.0360. The van der Waals surface area contributed by atoms with Crippen LogP contribution in [-0.2, 0) is 26.7 Å². The van der Waals surface area contributed by atoms with Gasteiger partial charge in [-0.3, -0.25) is 4.79 Å². The van der Waals surface area contributed by atoms with E-state index in [-0.39, 0.29) is 16.2 Å². The number of benzene rings is 2. The lowest BCUT2D eigenvalue weighted by Gasteiger charge is -2.24. The van der Waals surface area contributed by atoms with Crippen LogP contribution < -0.4 is 10.5 Å². The first-order valence-corrected chi connectivity index (χ1v) is 10.1. The molecule has 0 radical (unpaired) electrons. The minimum Gasteiger partial charge on any atom is -0.356 e. The van der Waals surface area contributed by atoms with Crippen molar-refractivity contribution in [3.8, 4) is 0 Å². The van der Waals surface area contributed by atoms with Gasteiger partial charge in [0.25, 0.3) is 0 Å². The Morgan fingerprint density at radius 3 is 2.19 bits per heavy atom. The number of carbonyl (C=O) groups excluding carboxylic acids is 1. The van der Waals surface area contributed by atoms with Gasteiger partial charge in [-0.15, -0.1) is 0 Å². The molecule has 2 rings (SSSR count). The Morgan fingerprint density at radius 1 is 1.08 bits per heavy atom. The number of carbonyl (C=O) groups is 1. The molecule has 26 heavy (non-hydrogen) atoms. The van der Waals surface area contributed by atoms with Gasteiger partial charge in [0.15, 0.2) is 0 Å². The van der Waals surface area contributed by atoms with Crippen LogP contribution in [0.3, 0.4) is 0 Å². The summed E-state index contributed by atoms with van der Waals surface area (Å²) in [5.41, 5.74) is 1.68. The predicted octanol–water partition coefficient (Wildman–Crippen LogP) is 3.01. The van der Waals surface area contributed by atoms with Crippen LogP contribution in [0.2, 0.25) is 5.02 Å². The summed E-state index contributed by atoms with van der Waals surface area (Å²) in [6.07, 6.45) is 0.969. The highest BCUT2D eigenvalue weighted by Gasteiger charge is 2.24.